The molecule has 18 heavy (non-hydrogen) atoms. The van der Waals surface area contributed by atoms with Gasteiger partial charge in [-0.3, -0.25) is 0 Å². The number of methoxy groups -OCH3 is 1. The van der Waals surface area contributed by atoms with E-state index in [4.69, 9.17) is 4.74 Å². The number of nitrogens with zero attached hydrogens (tertiary/aromatic N) is 2. The average Bonchev–Trinajstić information content (AvgIpc) is 2.32. The summed E-state index contributed by atoms with van der Waals surface area (Å²) in [4.78, 5) is 6.82. The molecule has 0 saturated carbocycles. The van der Waals surface area contributed by atoms with E-state index in [2.05, 4.69) is 51.0 Å². The molecular formula is C13H22BrN3O. The Morgan fingerprint density at radius 2 is 2.22 bits per heavy atom. The fraction of sp³-hybridized carbons (Fsp3) is 0.615. The van der Waals surface area contributed by atoms with Crippen molar-refractivity contribution >= 4 is 21.7 Å². The van der Waals surface area contributed by atoms with Gasteiger partial charge in [0, 0.05) is 42.5 Å². The van der Waals surface area contributed by atoms with Crippen molar-refractivity contribution < 1.29 is 4.74 Å². The van der Waals surface area contributed by atoms with Gasteiger partial charge >= 0.3 is 0 Å². The molecule has 0 spiro atoms. The largest absolute Gasteiger partial charge is 0.383 e. The van der Waals surface area contributed by atoms with Gasteiger partial charge in [0.2, 0.25) is 0 Å². The monoisotopic (exact) mass is 315 g/mol. The second-order valence-corrected chi connectivity index (χ2v) is 5.36. The lowest BCUT2D eigenvalue weighted by molar-refractivity contribution is 0.203. The Kier molecular flexibility index (Phi) is 6.60. The highest BCUT2D eigenvalue weighted by Crippen LogP contribution is 2.23. The van der Waals surface area contributed by atoms with Gasteiger partial charge in [0.05, 0.1) is 6.61 Å². The van der Waals surface area contributed by atoms with Crippen LogP contribution in [0.15, 0.2) is 16.7 Å². The first-order valence-electron chi connectivity index (χ1n) is 6.14. The van der Waals surface area contributed by atoms with Crippen LogP contribution in [0.4, 0.5) is 5.82 Å². The van der Waals surface area contributed by atoms with Crippen LogP contribution in [0.2, 0.25) is 0 Å². The summed E-state index contributed by atoms with van der Waals surface area (Å²) in [5.41, 5.74) is 1.19. The number of ether oxygens (including phenoxy) is 1. The summed E-state index contributed by atoms with van der Waals surface area (Å²) in [7, 11) is 3.67. The normalized spacial score (nSPS) is 11.0. The third-order valence-corrected chi connectivity index (χ3v) is 3.14. The maximum absolute atomic E-state index is 5.17. The molecule has 0 unspecified atom stereocenters. The quantitative estimate of drug-likeness (QED) is 0.838. The van der Waals surface area contributed by atoms with Crippen LogP contribution in [0, 0.1) is 0 Å². The number of halogens is 1. The summed E-state index contributed by atoms with van der Waals surface area (Å²) in [6, 6.07) is 2.51. The molecule has 0 aromatic carbocycles. The zero-order chi connectivity index (χ0) is 13.5. The molecule has 1 heterocycles. The molecule has 0 amide bonds. The number of hydrogen-bond donors (Lipinski definition) is 1. The fourth-order valence-corrected chi connectivity index (χ4v) is 2.23. The van der Waals surface area contributed by atoms with Crippen LogP contribution in [0.1, 0.15) is 19.4 Å². The van der Waals surface area contributed by atoms with Crippen molar-refractivity contribution in [3.8, 4) is 0 Å². The second-order valence-electron chi connectivity index (χ2n) is 4.45. The van der Waals surface area contributed by atoms with Crippen LogP contribution in [0.3, 0.4) is 0 Å². The van der Waals surface area contributed by atoms with Gasteiger partial charge in [0.15, 0.2) is 0 Å². The van der Waals surface area contributed by atoms with Gasteiger partial charge in [-0.2, -0.15) is 0 Å². The van der Waals surface area contributed by atoms with Crippen molar-refractivity contribution in [2.75, 3.05) is 32.2 Å². The van der Waals surface area contributed by atoms with Gasteiger partial charge < -0.3 is 15.0 Å². The molecule has 0 atom stereocenters. The first-order chi connectivity index (χ1) is 8.60. The van der Waals surface area contributed by atoms with E-state index in [-0.39, 0.29) is 0 Å². The molecule has 0 aliphatic heterocycles. The zero-order valence-electron chi connectivity index (χ0n) is 11.5. The predicted octanol–water partition coefficient (Wildman–Crippen LogP) is 2.42. The lowest BCUT2D eigenvalue weighted by Gasteiger charge is -2.29. The molecule has 1 aromatic rings. The topological polar surface area (TPSA) is 37.4 Å². The molecule has 0 radical (unpaired) electrons. The summed E-state index contributed by atoms with van der Waals surface area (Å²) in [5.74, 6) is 1.03. The van der Waals surface area contributed by atoms with Crippen LogP contribution in [-0.4, -0.2) is 38.3 Å². The summed E-state index contributed by atoms with van der Waals surface area (Å²) >= 11 is 3.47. The first kappa shape index (κ1) is 15.4. The minimum Gasteiger partial charge on any atom is -0.383 e. The minimum atomic E-state index is 0.393. The predicted molar refractivity (Wildman–Crippen MR) is 79.1 cm³/mol. The Morgan fingerprint density at radius 1 is 1.50 bits per heavy atom. The van der Waals surface area contributed by atoms with E-state index < -0.39 is 0 Å². The summed E-state index contributed by atoms with van der Waals surface area (Å²) in [6.45, 7) is 6.69. The van der Waals surface area contributed by atoms with Crippen molar-refractivity contribution in [3.63, 3.8) is 0 Å². The van der Waals surface area contributed by atoms with Crippen LogP contribution in [-0.2, 0) is 11.3 Å². The van der Waals surface area contributed by atoms with E-state index in [1.165, 1.54) is 5.56 Å². The lowest BCUT2D eigenvalue weighted by atomic mass is 10.2. The average molecular weight is 316 g/mol. The Morgan fingerprint density at radius 3 is 2.78 bits per heavy atom. The third-order valence-electron chi connectivity index (χ3n) is 2.71. The number of nitrogens with one attached hydrogen (secondary N) is 1. The van der Waals surface area contributed by atoms with Crippen molar-refractivity contribution in [3.05, 3.63) is 22.3 Å². The van der Waals surface area contributed by atoms with Crippen molar-refractivity contribution in [1.29, 1.82) is 0 Å². The van der Waals surface area contributed by atoms with E-state index in [1.54, 1.807) is 7.11 Å². The summed E-state index contributed by atoms with van der Waals surface area (Å²) in [6.07, 6.45) is 1.84. The number of hydrogen-bond acceptors (Lipinski definition) is 4. The van der Waals surface area contributed by atoms with Gasteiger partial charge in [-0.15, -0.1) is 0 Å². The van der Waals surface area contributed by atoms with Gasteiger partial charge in [-0.1, -0.05) is 0 Å². The highest BCUT2D eigenvalue weighted by Gasteiger charge is 2.15. The van der Waals surface area contributed by atoms with Crippen LogP contribution < -0.4 is 10.2 Å². The summed E-state index contributed by atoms with van der Waals surface area (Å²) in [5, 5.41) is 3.18. The van der Waals surface area contributed by atoms with Gasteiger partial charge in [0.25, 0.3) is 0 Å². The Balaban J connectivity index is 3.01. The highest BCUT2D eigenvalue weighted by molar-refractivity contribution is 9.10. The maximum atomic E-state index is 5.17. The lowest BCUT2D eigenvalue weighted by Crippen LogP contribution is -2.35. The van der Waals surface area contributed by atoms with Gasteiger partial charge in [0.1, 0.15) is 5.82 Å². The van der Waals surface area contributed by atoms with E-state index in [1.807, 2.05) is 13.2 Å². The molecule has 0 aliphatic rings. The Labute approximate surface area is 118 Å². The van der Waals surface area contributed by atoms with E-state index in [9.17, 15) is 0 Å². The van der Waals surface area contributed by atoms with Crippen LogP contribution in [0.25, 0.3) is 0 Å². The number of rotatable bonds is 7. The molecule has 1 N–H and O–H groups in total. The fourth-order valence-electron chi connectivity index (χ4n) is 1.85. The second kappa shape index (κ2) is 7.71. The minimum absolute atomic E-state index is 0.393. The van der Waals surface area contributed by atoms with Crippen molar-refractivity contribution in [2.45, 2.75) is 26.4 Å². The third kappa shape index (κ3) is 4.23. The van der Waals surface area contributed by atoms with Crippen molar-refractivity contribution in [2.24, 2.45) is 0 Å². The van der Waals surface area contributed by atoms with Crippen LogP contribution in [0.5, 0.6) is 0 Å². The maximum Gasteiger partial charge on any atom is 0.133 e. The molecule has 0 saturated heterocycles. The van der Waals surface area contributed by atoms with E-state index in [0.29, 0.717) is 12.6 Å². The van der Waals surface area contributed by atoms with Crippen molar-refractivity contribution in [1.82, 2.24) is 10.3 Å². The molecule has 1 rings (SSSR count). The smallest absolute Gasteiger partial charge is 0.133 e. The molecule has 0 fully saturated rings. The molecule has 0 bridgehead atoms. The number of aromatic nitrogens is 1. The Bertz CT molecular complexity index is 371. The molecule has 102 valence electrons. The molecular weight excluding hydrogens is 294 g/mol. The molecule has 4 nitrogen and oxygen atoms in total. The zero-order valence-corrected chi connectivity index (χ0v) is 13.1. The highest BCUT2D eigenvalue weighted by atomic mass is 79.9. The van der Waals surface area contributed by atoms with Gasteiger partial charge in [-0.05, 0) is 42.9 Å². The Hall–Kier alpha value is -0.650. The number of pyridine rings is 1. The van der Waals surface area contributed by atoms with Gasteiger partial charge in [-0.25, -0.2) is 4.98 Å². The molecule has 0 aliphatic carbocycles. The van der Waals surface area contributed by atoms with E-state index >= 15 is 0 Å². The summed E-state index contributed by atoms with van der Waals surface area (Å²) < 4.78 is 6.18. The first-order valence-corrected chi connectivity index (χ1v) is 6.94. The number of anilines is 1. The van der Waals surface area contributed by atoms with Crippen LogP contribution >= 0.6 is 15.9 Å². The molecule has 5 heteroatoms. The SMILES string of the molecule is CNCc1cc(Br)cnc1N(CCOC)C(C)C. The van der Waals surface area contributed by atoms with E-state index in [0.717, 1.165) is 23.4 Å². The standard InChI is InChI=1S/C13H22BrN3O/c1-10(2)17(5-6-18-4)13-11(8-15-3)7-12(14)9-16-13/h7,9-10,15H,5-6,8H2,1-4H3. The molecule has 1 aromatic heterocycles.